The number of nitrogens with zero attached hydrogens (tertiary/aromatic N) is 5. The minimum Gasteiger partial charge on any atom is -0.467 e. The Balaban J connectivity index is 0.00000225. The molecule has 7 nitrogen and oxygen atoms in total. The van der Waals surface area contributed by atoms with Crippen LogP contribution in [0, 0.1) is 0 Å². The van der Waals surface area contributed by atoms with E-state index in [9.17, 15) is 0 Å². The van der Waals surface area contributed by atoms with Gasteiger partial charge in [0, 0.05) is 31.7 Å². The molecule has 0 unspecified atom stereocenters. The van der Waals surface area contributed by atoms with Gasteiger partial charge in [-0.2, -0.15) is 0 Å². The van der Waals surface area contributed by atoms with E-state index in [1.807, 2.05) is 12.1 Å². The van der Waals surface area contributed by atoms with Crippen LogP contribution in [-0.2, 0) is 25.9 Å². The van der Waals surface area contributed by atoms with E-state index >= 15 is 0 Å². The Labute approximate surface area is 181 Å². The van der Waals surface area contributed by atoms with Gasteiger partial charge >= 0.3 is 0 Å². The van der Waals surface area contributed by atoms with Crippen LogP contribution >= 0.6 is 24.0 Å². The highest BCUT2D eigenvalue weighted by molar-refractivity contribution is 14.0. The van der Waals surface area contributed by atoms with Crippen LogP contribution in [0.3, 0.4) is 0 Å². The van der Waals surface area contributed by atoms with E-state index in [0.717, 1.165) is 50.0 Å². The maximum atomic E-state index is 5.44. The van der Waals surface area contributed by atoms with E-state index < -0.39 is 0 Å². The van der Waals surface area contributed by atoms with Crippen molar-refractivity contribution in [3.63, 3.8) is 0 Å². The third-order valence-electron chi connectivity index (χ3n) is 4.76. The van der Waals surface area contributed by atoms with Gasteiger partial charge in [-0.05, 0) is 30.2 Å². The number of guanidine groups is 1. The molecular weight excluding hydrogens is 467 g/mol. The Hall–Kier alpha value is -2.36. The number of anilines is 1. The van der Waals surface area contributed by atoms with Gasteiger partial charge in [-0.3, -0.25) is 0 Å². The number of hydrogen-bond donors (Lipinski definition) is 1. The van der Waals surface area contributed by atoms with Crippen molar-refractivity contribution >= 4 is 35.6 Å². The lowest BCUT2D eigenvalue weighted by Crippen LogP contribution is -2.42. The molecule has 0 amide bonds. The minimum atomic E-state index is 0. The predicted molar refractivity (Wildman–Crippen MR) is 120 cm³/mol. The molecule has 1 aliphatic rings. The summed E-state index contributed by atoms with van der Waals surface area (Å²) in [5.41, 5.74) is 2.58. The number of hydrogen-bond acceptors (Lipinski definition) is 4. The van der Waals surface area contributed by atoms with Crippen LogP contribution in [0.4, 0.5) is 5.69 Å². The summed E-state index contributed by atoms with van der Waals surface area (Å²) in [5, 5.41) is 11.7. The molecule has 2 aromatic heterocycles. The number of nitrogens with one attached hydrogen (secondary N) is 1. The van der Waals surface area contributed by atoms with Crippen molar-refractivity contribution in [1.82, 2.24) is 20.1 Å². The van der Waals surface area contributed by atoms with Crippen molar-refractivity contribution < 1.29 is 4.42 Å². The van der Waals surface area contributed by atoms with Gasteiger partial charge in [0.25, 0.3) is 0 Å². The van der Waals surface area contributed by atoms with Crippen LogP contribution in [0.5, 0.6) is 0 Å². The molecule has 0 saturated carbocycles. The highest BCUT2D eigenvalue weighted by atomic mass is 127. The van der Waals surface area contributed by atoms with Gasteiger partial charge in [-0.25, -0.2) is 4.99 Å². The van der Waals surface area contributed by atoms with Gasteiger partial charge in [0.1, 0.15) is 24.5 Å². The number of para-hydroxylation sites is 1. The number of aryl methyl sites for hydroxylation is 1. The topological polar surface area (TPSA) is 71.5 Å². The van der Waals surface area contributed by atoms with Gasteiger partial charge in [0.15, 0.2) is 5.96 Å². The zero-order valence-electron chi connectivity index (χ0n) is 15.9. The first-order valence-corrected chi connectivity index (χ1v) is 9.38. The molecule has 0 atom stereocenters. The van der Waals surface area contributed by atoms with Crippen molar-refractivity contribution in [3.05, 3.63) is 66.1 Å². The average Bonchev–Trinajstić information content (AvgIpc) is 3.45. The van der Waals surface area contributed by atoms with Gasteiger partial charge in [-0.1, -0.05) is 25.1 Å². The molecule has 148 valence electrons. The molecule has 0 bridgehead atoms. The van der Waals surface area contributed by atoms with Crippen LogP contribution in [-0.4, -0.2) is 33.8 Å². The Morgan fingerprint density at radius 3 is 2.96 bits per heavy atom. The number of benzene rings is 1. The molecule has 3 heterocycles. The molecule has 0 radical (unpaired) electrons. The molecule has 0 aliphatic carbocycles. The molecule has 4 rings (SSSR count). The molecule has 1 aromatic carbocycles. The van der Waals surface area contributed by atoms with E-state index in [1.54, 1.807) is 12.6 Å². The van der Waals surface area contributed by atoms with Crippen LogP contribution in [0.25, 0.3) is 0 Å². The summed E-state index contributed by atoms with van der Waals surface area (Å²) < 4.78 is 7.51. The van der Waals surface area contributed by atoms with Gasteiger partial charge in [0.05, 0.1) is 6.26 Å². The number of furan rings is 1. The van der Waals surface area contributed by atoms with Gasteiger partial charge in [0.2, 0.25) is 0 Å². The zero-order chi connectivity index (χ0) is 18.5. The molecule has 28 heavy (non-hydrogen) atoms. The van der Waals surface area contributed by atoms with Crippen molar-refractivity contribution in [3.8, 4) is 0 Å². The summed E-state index contributed by atoms with van der Waals surface area (Å²) in [4.78, 5) is 7.06. The van der Waals surface area contributed by atoms with Crippen molar-refractivity contribution in [1.29, 1.82) is 0 Å². The van der Waals surface area contributed by atoms with Crippen LogP contribution in [0.1, 0.15) is 24.1 Å². The molecule has 1 aliphatic heterocycles. The Morgan fingerprint density at radius 2 is 2.14 bits per heavy atom. The molecule has 8 heteroatoms. The fourth-order valence-electron chi connectivity index (χ4n) is 3.38. The average molecular weight is 492 g/mol. The van der Waals surface area contributed by atoms with Crippen LogP contribution < -0.4 is 10.2 Å². The second-order valence-corrected chi connectivity index (χ2v) is 6.47. The van der Waals surface area contributed by atoms with Crippen LogP contribution in [0.2, 0.25) is 0 Å². The monoisotopic (exact) mass is 492 g/mol. The first kappa shape index (κ1) is 20.4. The molecule has 0 fully saturated rings. The van der Waals surface area contributed by atoms with E-state index in [-0.39, 0.29) is 24.0 Å². The quantitative estimate of drug-likeness (QED) is 0.325. The largest absolute Gasteiger partial charge is 0.467 e. The normalized spacial score (nSPS) is 13.3. The summed E-state index contributed by atoms with van der Waals surface area (Å²) in [6, 6.07) is 12.3. The van der Waals surface area contributed by atoms with E-state index in [2.05, 4.69) is 56.2 Å². The van der Waals surface area contributed by atoms with Crippen molar-refractivity contribution in [2.24, 2.45) is 4.99 Å². The smallest absolute Gasteiger partial charge is 0.199 e. The molecule has 3 aromatic rings. The minimum absolute atomic E-state index is 0. The summed E-state index contributed by atoms with van der Waals surface area (Å²) in [7, 11) is 0. The Bertz CT molecular complexity index is 905. The Kier molecular flexibility index (Phi) is 7.07. The Morgan fingerprint density at radius 1 is 1.25 bits per heavy atom. The number of aliphatic imine (C=N–C) groups is 1. The maximum absolute atomic E-state index is 5.44. The number of halogens is 1. The van der Waals surface area contributed by atoms with Crippen molar-refractivity contribution in [2.45, 2.75) is 32.9 Å². The number of rotatable bonds is 6. The van der Waals surface area contributed by atoms with Crippen molar-refractivity contribution in [2.75, 3.05) is 18.0 Å². The van der Waals surface area contributed by atoms with E-state index in [0.29, 0.717) is 6.54 Å². The predicted octanol–water partition coefficient (Wildman–Crippen LogP) is 3.26. The molecule has 0 saturated heterocycles. The van der Waals surface area contributed by atoms with Gasteiger partial charge < -0.3 is 19.2 Å². The maximum Gasteiger partial charge on any atom is 0.199 e. The SMILES string of the molecule is CCc1nncn1CCNC(=NCc1ccco1)N1CCc2ccccc21.I. The standard InChI is InChI=1S/C20H24N6O.HI/c1-2-19-24-23-15-25(19)12-10-21-20(22-14-17-7-5-13-27-17)26-11-9-16-6-3-4-8-18(16)26;/h3-8,13,15H,2,9-12,14H2,1H3,(H,21,22);1H. The van der Waals surface area contributed by atoms with E-state index in [4.69, 9.17) is 9.41 Å². The molecule has 0 spiro atoms. The van der Waals surface area contributed by atoms with E-state index in [1.165, 1.54) is 11.3 Å². The second-order valence-electron chi connectivity index (χ2n) is 6.47. The highest BCUT2D eigenvalue weighted by Crippen LogP contribution is 2.27. The summed E-state index contributed by atoms with van der Waals surface area (Å²) in [5.74, 6) is 2.73. The highest BCUT2D eigenvalue weighted by Gasteiger charge is 2.22. The lowest BCUT2D eigenvalue weighted by molar-refractivity contribution is 0.512. The fourth-order valence-corrected chi connectivity index (χ4v) is 3.38. The third kappa shape index (κ3) is 4.54. The molecule has 1 N–H and O–H groups in total. The van der Waals surface area contributed by atoms with Gasteiger partial charge in [-0.15, -0.1) is 34.2 Å². The third-order valence-corrected chi connectivity index (χ3v) is 4.76. The number of aromatic nitrogens is 3. The lowest BCUT2D eigenvalue weighted by atomic mass is 10.2. The fraction of sp³-hybridized carbons (Fsp3) is 0.350. The summed E-state index contributed by atoms with van der Waals surface area (Å²) >= 11 is 0. The van der Waals surface area contributed by atoms with Crippen LogP contribution in [0.15, 0.2) is 58.4 Å². The lowest BCUT2D eigenvalue weighted by Gasteiger charge is -2.23. The summed E-state index contributed by atoms with van der Waals surface area (Å²) in [6.07, 6.45) is 5.37. The molecular formula is C20H25IN6O. The number of fused-ring (bicyclic) bond motifs is 1. The second kappa shape index (κ2) is 9.72. The summed E-state index contributed by atoms with van der Waals surface area (Å²) in [6.45, 7) is 5.08. The zero-order valence-corrected chi connectivity index (χ0v) is 18.2. The first-order valence-electron chi connectivity index (χ1n) is 9.38. The first-order chi connectivity index (χ1) is 13.3.